The molecule has 1 aliphatic heterocycles. The second-order valence-electron chi connectivity index (χ2n) is 8.98. The van der Waals surface area contributed by atoms with Crippen LogP contribution in [0, 0.1) is 0 Å². The van der Waals surface area contributed by atoms with E-state index in [1.54, 1.807) is 30.1 Å². The fourth-order valence-electron chi connectivity index (χ4n) is 4.37. The third-order valence-corrected chi connectivity index (χ3v) is 7.64. The molecule has 2 heterocycles. The van der Waals surface area contributed by atoms with Crippen LogP contribution in [0.25, 0.3) is 10.9 Å². The predicted molar refractivity (Wildman–Crippen MR) is 149 cm³/mol. The minimum absolute atomic E-state index is 0.138. The van der Waals surface area contributed by atoms with Gasteiger partial charge in [-0.1, -0.05) is 48.0 Å². The molecule has 0 bridgehead atoms. The van der Waals surface area contributed by atoms with Gasteiger partial charge in [0.15, 0.2) is 0 Å². The van der Waals surface area contributed by atoms with Crippen LogP contribution in [-0.2, 0) is 23.7 Å². The molecule has 3 aromatic carbocycles. The van der Waals surface area contributed by atoms with E-state index in [9.17, 15) is 9.59 Å². The topological polar surface area (TPSA) is 63.6 Å². The minimum atomic E-state index is -0.390. The molecule has 0 spiro atoms. The molecule has 4 aromatic rings. The summed E-state index contributed by atoms with van der Waals surface area (Å²) in [6.45, 7) is 4.21. The third kappa shape index (κ3) is 6.43. The van der Waals surface area contributed by atoms with Crippen molar-refractivity contribution in [2.75, 3.05) is 26.3 Å². The van der Waals surface area contributed by atoms with E-state index in [0.29, 0.717) is 22.8 Å². The average molecular weight is 534 g/mol. The van der Waals surface area contributed by atoms with Gasteiger partial charge in [0, 0.05) is 47.7 Å². The molecule has 1 aliphatic rings. The number of carbonyl (C=O) groups is 1. The lowest BCUT2D eigenvalue weighted by atomic mass is 10.1. The van der Waals surface area contributed by atoms with E-state index < -0.39 is 0 Å². The quantitative estimate of drug-likeness (QED) is 0.317. The van der Waals surface area contributed by atoms with E-state index >= 15 is 0 Å². The molecule has 0 saturated carbocycles. The second-order valence-corrected chi connectivity index (χ2v) is 10.4. The summed E-state index contributed by atoms with van der Waals surface area (Å²) in [5.74, 6) is 0.181. The van der Waals surface area contributed by atoms with Gasteiger partial charge in [-0.2, -0.15) is 0 Å². The van der Waals surface area contributed by atoms with Crippen molar-refractivity contribution in [3.63, 3.8) is 0 Å². The second kappa shape index (κ2) is 12.0. The highest BCUT2D eigenvalue weighted by Gasteiger charge is 2.17. The Labute approximate surface area is 225 Å². The highest BCUT2D eigenvalue weighted by molar-refractivity contribution is 7.98. The van der Waals surface area contributed by atoms with Crippen LogP contribution < -0.4 is 10.7 Å². The summed E-state index contributed by atoms with van der Waals surface area (Å²) in [4.78, 5) is 30.2. The van der Waals surface area contributed by atoms with Crippen LogP contribution in [0.2, 0.25) is 5.02 Å². The summed E-state index contributed by atoms with van der Waals surface area (Å²) in [6, 6.07) is 23.4. The first-order valence-corrected chi connectivity index (χ1v) is 13.6. The molecular weight excluding hydrogens is 506 g/mol. The molecule has 1 N–H and O–H groups in total. The molecule has 8 heteroatoms. The smallest absolute Gasteiger partial charge is 0.257 e. The van der Waals surface area contributed by atoms with Gasteiger partial charge in [0.1, 0.15) is 5.56 Å². The van der Waals surface area contributed by atoms with Crippen LogP contribution in [0.1, 0.15) is 21.5 Å². The van der Waals surface area contributed by atoms with Gasteiger partial charge in [-0.3, -0.25) is 14.5 Å². The minimum Gasteiger partial charge on any atom is -0.379 e. The summed E-state index contributed by atoms with van der Waals surface area (Å²) in [7, 11) is 0. The average Bonchev–Trinajstić information content (AvgIpc) is 2.93. The maximum atomic E-state index is 13.6. The Morgan fingerprint density at radius 3 is 2.46 bits per heavy atom. The number of nitrogens with one attached hydrogen (secondary N) is 1. The van der Waals surface area contributed by atoms with Crippen molar-refractivity contribution < 1.29 is 9.53 Å². The highest BCUT2D eigenvalue weighted by atomic mass is 35.5. The van der Waals surface area contributed by atoms with Gasteiger partial charge in [0.2, 0.25) is 5.43 Å². The molecule has 1 amide bonds. The summed E-state index contributed by atoms with van der Waals surface area (Å²) in [5.41, 5.74) is 2.65. The largest absolute Gasteiger partial charge is 0.379 e. The molecule has 0 aliphatic carbocycles. The number of thioether (sulfide) groups is 1. The number of benzene rings is 3. The number of ether oxygens (including phenoxy) is 1. The number of amides is 1. The van der Waals surface area contributed by atoms with E-state index in [-0.39, 0.29) is 16.9 Å². The highest BCUT2D eigenvalue weighted by Crippen LogP contribution is 2.23. The van der Waals surface area contributed by atoms with E-state index in [0.717, 1.165) is 54.4 Å². The molecule has 37 heavy (non-hydrogen) atoms. The third-order valence-electron chi connectivity index (χ3n) is 6.38. The maximum absolute atomic E-state index is 13.6. The number of carbonyl (C=O) groups excluding carboxylic acids is 1. The Balaban J connectivity index is 1.46. The lowest BCUT2D eigenvalue weighted by Crippen LogP contribution is -2.35. The van der Waals surface area contributed by atoms with Crippen LogP contribution in [0.3, 0.4) is 0 Å². The van der Waals surface area contributed by atoms with Crippen LogP contribution in [0.4, 0.5) is 0 Å². The lowest BCUT2D eigenvalue weighted by molar-refractivity contribution is 0.0342. The zero-order valence-corrected chi connectivity index (χ0v) is 21.9. The molecule has 6 nitrogen and oxygen atoms in total. The lowest BCUT2D eigenvalue weighted by Gasteiger charge is -2.26. The van der Waals surface area contributed by atoms with Crippen LogP contribution >= 0.6 is 23.4 Å². The first kappa shape index (κ1) is 25.5. The zero-order valence-electron chi connectivity index (χ0n) is 20.4. The predicted octanol–water partition coefficient (Wildman–Crippen LogP) is 5.17. The Bertz CT molecular complexity index is 1440. The molecule has 1 aromatic heterocycles. The number of nitrogens with zero attached hydrogens (tertiary/aromatic N) is 2. The first-order chi connectivity index (χ1) is 18.1. The number of halogens is 1. The van der Waals surface area contributed by atoms with Gasteiger partial charge in [0.05, 0.1) is 24.6 Å². The van der Waals surface area contributed by atoms with Gasteiger partial charge in [0.25, 0.3) is 5.91 Å². The summed E-state index contributed by atoms with van der Waals surface area (Å²) < 4.78 is 7.45. The van der Waals surface area contributed by atoms with Crippen molar-refractivity contribution in [1.82, 2.24) is 14.8 Å². The van der Waals surface area contributed by atoms with Gasteiger partial charge >= 0.3 is 0 Å². The van der Waals surface area contributed by atoms with Crippen molar-refractivity contribution in [2.45, 2.75) is 23.9 Å². The summed E-state index contributed by atoms with van der Waals surface area (Å²) >= 11 is 7.62. The fraction of sp³-hybridized carbons (Fsp3) is 0.241. The Hall–Kier alpha value is -3.10. The van der Waals surface area contributed by atoms with Crippen molar-refractivity contribution in [3.8, 4) is 0 Å². The van der Waals surface area contributed by atoms with Crippen molar-refractivity contribution in [1.29, 1.82) is 0 Å². The maximum Gasteiger partial charge on any atom is 0.257 e. The van der Waals surface area contributed by atoms with Gasteiger partial charge < -0.3 is 14.6 Å². The van der Waals surface area contributed by atoms with Crippen molar-refractivity contribution >= 4 is 40.2 Å². The number of aromatic nitrogens is 1. The zero-order chi connectivity index (χ0) is 25.6. The molecule has 190 valence electrons. The molecule has 0 unspecified atom stereocenters. The number of rotatable bonds is 8. The summed E-state index contributed by atoms with van der Waals surface area (Å²) in [6.07, 6.45) is 1.68. The number of fused-ring (bicyclic) bond motifs is 1. The van der Waals surface area contributed by atoms with Gasteiger partial charge in [-0.15, -0.1) is 11.8 Å². The van der Waals surface area contributed by atoms with Crippen LogP contribution in [-0.4, -0.2) is 41.7 Å². The fourth-order valence-corrected chi connectivity index (χ4v) is 5.35. The van der Waals surface area contributed by atoms with E-state index in [2.05, 4.69) is 28.4 Å². The number of hydrogen-bond donors (Lipinski definition) is 1. The van der Waals surface area contributed by atoms with Crippen LogP contribution in [0.15, 0.2) is 88.7 Å². The summed E-state index contributed by atoms with van der Waals surface area (Å²) in [5, 5.41) is 4.09. The molecule has 1 fully saturated rings. The number of hydrogen-bond acceptors (Lipinski definition) is 5. The van der Waals surface area contributed by atoms with E-state index in [1.165, 1.54) is 0 Å². The Kier molecular flexibility index (Phi) is 8.26. The first-order valence-electron chi connectivity index (χ1n) is 12.2. The molecule has 0 radical (unpaired) electrons. The van der Waals surface area contributed by atoms with Gasteiger partial charge in [-0.25, -0.2) is 0 Å². The molecule has 5 rings (SSSR count). The Morgan fingerprint density at radius 2 is 1.70 bits per heavy atom. The normalized spacial score (nSPS) is 14.1. The Morgan fingerprint density at radius 1 is 0.973 bits per heavy atom. The standard InChI is InChI=1S/C29H28ClN3O3S/c30-23-9-6-21(7-10-23)17-31-29(35)26-19-33(20-37-24-4-2-1-3-5-24)27-11-8-22(16-25(27)28(26)34)18-32-12-14-36-15-13-32/h1-11,16,19H,12-15,17-18,20H2,(H,31,35). The van der Waals surface area contributed by atoms with Crippen molar-refractivity contribution in [2.24, 2.45) is 0 Å². The molecule has 0 atom stereocenters. The van der Waals surface area contributed by atoms with Gasteiger partial charge in [-0.05, 0) is 47.5 Å². The molecule has 1 saturated heterocycles. The number of pyridine rings is 1. The molecular formula is C29H28ClN3O3S. The van der Waals surface area contributed by atoms with E-state index in [4.69, 9.17) is 16.3 Å². The van der Waals surface area contributed by atoms with Crippen molar-refractivity contribution in [3.05, 3.63) is 111 Å². The van der Waals surface area contributed by atoms with E-state index in [1.807, 2.05) is 47.0 Å². The monoisotopic (exact) mass is 533 g/mol. The SMILES string of the molecule is O=C(NCc1ccc(Cl)cc1)c1cn(CSc2ccccc2)c2ccc(CN3CCOCC3)cc2c1=O. The van der Waals surface area contributed by atoms with Crippen LogP contribution in [0.5, 0.6) is 0 Å². The number of morpholine rings is 1.